The van der Waals surface area contributed by atoms with Crippen molar-refractivity contribution in [1.82, 2.24) is 4.90 Å². The minimum absolute atomic E-state index is 0.237. The van der Waals surface area contributed by atoms with Crippen LogP contribution in [0.5, 0.6) is 5.75 Å². The van der Waals surface area contributed by atoms with Crippen molar-refractivity contribution in [2.75, 3.05) is 24.6 Å². The summed E-state index contributed by atoms with van der Waals surface area (Å²) in [5.74, 6) is 0.742. The largest absolute Gasteiger partial charge is 0.494 e. The maximum atomic E-state index is 13.5. The first-order valence-corrected chi connectivity index (χ1v) is 10.3. The molecule has 0 N–H and O–H groups in total. The molecule has 150 valence electrons. The smallest absolute Gasteiger partial charge is 0.282 e. The third-order valence-corrected chi connectivity index (χ3v) is 5.50. The fourth-order valence-electron chi connectivity index (χ4n) is 4.16. The van der Waals surface area contributed by atoms with Crippen LogP contribution in [0, 0.1) is 5.92 Å². The Bertz CT molecular complexity index is 934. The first-order chi connectivity index (χ1) is 14.1. The van der Waals surface area contributed by atoms with Gasteiger partial charge in [0.25, 0.3) is 11.8 Å². The van der Waals surface area contributed by atoms with Crippen LogP contribution >= 0.6 is 0 Å². The van der Waals surface area contributed by atoms with Crippen molar-refractivity contribution < 1.29 is 14.3 Å². The molecule has 1 saturated heterocycles. The van der Waals surface area contributed by atoms with Crippen LogP contribution in [0.15, 0.2) is 60.3 Å². The highest BCUT2D eigenvalue weighted by Gasteiger charge is 2.43. The van der Waals surface area contributed by atoms with E-state index < -0.39 is 0 Å². The van der Waals surface area contributed by atoms with Gasteiger partial charge in [0.05, 0.1) is 17.9 Å². The van der Waals surface area contributed by atoms with Gasteiger partial charge in [0.15, 0.2) is 0 Å². The third kappa shape index (κ3) is 3.65. The second-order valence-corrected chi connectivity index (χ2v) is 7.66. The first kappa shape index (κ1) is 19.2. The Morgan fingerprint density at radius 2 is 1.72 bits per heavy atom. The average Bonchev–Trinajstić information content (AvgIpc) is 2.99. The molecule has 2 aromatic carbocycles. The summed E-state index contributed by atoms with van der Waals surface area (Å²) < 4.78 is 5.53. The summed E-state index contributed by atoms with van der Waals surface area (Å²) in [6.45, 7) is 6.29. The van der Waals surface area contributed by atoms with Gasteiger partial charge in [-0.3, -0.25) is 9.59 Å². The third-order valence-electron chi connectivity index (χ3n) is 5.50. The monoisotopic (exact) mass is 390 g/mol. The van der Waals surface area contributed by atoms with Crippen LogP contribution in [0.3, 0.4) is 0 Å². The van der Waals surface area contributed by atoms with Crippen LogP contribution in [0.25, 0.3) is 5.57 Å². The van der Waals surface area contributed by atoms with Crippen LogP contribution in [0.4, 0.5) is 5.69 Å². The quantitative estimate of drug-likeness (QED) is 0.721. The molecule has 29 heavy (non-hydrogen) atoms. The first-order valence-electron chi connectivity index (χ1n) is 10.3. The second-order valence-electron chi connectivity index (χ2n) is 7.66. The Balaban J connectivity index is 1.78. The lowest BCUT2D eigenvalue weighted by atomic mass is 9.97. The van der Waals surface area contributed by atoms with E-state index in [0.29, 0.717) is 29.5 Å². The summed E-state index contributed by atoms with van der Waals surface area (Å²) in [6.07, 6.45) is 2.17. The summed E-state index contributed by atoms with van der Waals surface area (Å²) in [7, 11) is 0. The molecule has 0 saturated carbocycles. The second kappa shape index (κ2) is 8.11. The predicted molar refractivity (Wildman–Crippen MR) is 113 cm³/mol. The van der Waals surface area contributed by atoms with Gasteiger partial charge in [-0.05, 0) is 55.5 Å². The maximum Gasteiger partial charge on any atom is 0.282 e. The number of rotatable bonds is 5. The van der Waals surface area contributed by atoms with E-state index in [-0.39, 0.29) is 11.8 Å². The number of amides is 2. The van der Waals surface area contributed by atoms with E-state index in [1.807, 2.05) is 49.4 Å². The average molecular weight is 390 g/mol. The Morgan fingerprint density at radius 1 is 1.00 bits per heavy atom. The molecule has 2 heterocycles. The molecule has 0 aliphatic carbocycles. The molecule has 0 aromatic heterocycles. The normalized spacial score (nSPS) is 19.9. The number of para-hydroxylation sites is 1. The van der Waals surface area contributed by atoms with E-state index in [2.05, 4.69) is 11.8 Å². The van der Waals surface area contributed by atoms with E-state index >= 15 is 0 Å². The van der Waals surface area contributed by atoms with Gasteiger partial charge in [-0.1, -0.05) is 37.3 Å². The molecule has 2 amide bonds. The van der Waals surface area contributed by atoms with E-state index in [9.17, 15) is 9.59 Å². The maximum absolute atomic E-state index is 13.5. The van der Waals surface area contributed by atoms with Crippen molar-refractivity contribution in [3.05, 3.63) is 65.9 Å². The molecular formula is C24H26N2O3. The fourth-order valence-corrected chi connectivity index (χ4v) is 4.16. The van der Waals surface area contributed by atoms with Crippen molar-refractivity contribution in [3.8, 4) is 5.75 Å². The van der Waals surface area contributed by atoms with Gasteiger partial charge in [-0.25, -0.2) is 4.90 Å². The van der Waals surface area contributed by atoms with E-state index in [4.69, 9.17) is 4.74 Å². The van der Waals surface area contributed by atoms with Crippen LogP contribution < -0.4 is 9.64 Å². The number of nitrogens with zero attached hydrogens (tertiary/aromatic N) is 2. The van der Waals surface area contributed by atoms with Crippen molar-refractivity contribution in [2.24, 2.45) is 5.92 Å². The Morgan fingerprint density at radius 3 is 2.38 bits per heavy atom. The zero-order valence-corrected chi connectivity index (χ0v) is 16.9. The SMILES string of the molecule is CCOc1ccc(C2=C(N3CCCC(C)C3)C(=O)N(c3ccccc3)C2=O)cc1. The van der Waals surface area contributed by atoms with Crippen LogP contribution in [-0.4, -0.2) is 36.4 Å². The highest BCUT2D eigenvalue weighted by Crippen LogP contribution is 2.36. The zero-order chi connectivity index (χ0) is 20.4. The van der Waals surface area contributed by atoms with Crippen molar-refractivity contribution in [1.29, 1.82) is 0 Å². The van der Waals surface area contributed by atoms with Crippen molar-refractivity contribution in [2.45, 2.75) is 26.7 Å². The molecule has 2 aliphatic rings. The highest BCUT2D eigenvalue weighted by atomic mass is 16.5. The van der Waals surface area contributed by atoms with Gasteiger partial charge in [-0.2, -0.15) is 0 Å². The summed E-state index contributed by atoms with van der Waals surface area (Å²) in [6, 6.07) is 16.6. The molecule has 0 radical (unpaired) electrons. The van der Waals surface area contributed by atoms with Gasteiger partial charge in [0, 0.05) is 13.1 Å². The number of ether oxygens (including phenoxy) is 1. The van der Waals surface area contributed by atoms with Gasteiger partial charge >= 0.3 is 0 Å². The molecule has 2 aromatic rings. The number of carbonyl (C=O) groups excluding carboxylic acids is 2. The summed E-state index contributed by atoms with van der Waals surface area (Å²) in [5, 5.41) is 0. The van der Waals surface area contributed by atoms with E-state index in [1.54, 1.807) is 12.1 Å². The lowest BCUT2D eigenvalue weighted by molar-refractivity contribution is -0.120. The molecule has 0 bridgehead atoms. The predicted octanol–water partition coefficient (Wildman–Crippen LogP) is 4.10. The highest BCUT2D eigenvalue weighted by molar-refractivity contribution is 6.45. The molecule has 1 fully saturated rings. The Labute approximate surface area is 171 Å². The topological polar surface area (TPSA) is 49.9 Å². The summed E-state index contributed by atoms with van der Waals surface area (Å²) in [4.78, 5) is 30.3. The number of likely N-dealkylation sites (tertiary alicyclic amines) is 1. The Hall–Kier alpha value is -3.08. The van der Waals surface area contributed by atoms with Crippen LogP contribution in [0.1, 0.15) is 32.3 Å². The number of hydrogen-bond donors (Lipinski definition) is 0. The summed E-state index contributed by atoms with van der Waals surface area (Å²) >= 11 is 0. The minimum Gasteiger partial charge on any atom is -0.494 e. The van der Waals surface area contributed by atoms with Crippen LogP contribution in [0.2, 0.25) is 0 Å². The fraction of sp³-hybridized carbons (Fsp3) is 0.333. The number of anilines is 1. The van der Waals surface area contributed by atoms with Gasteiger partial charge in [-0.15, -0.1) is 0 Å². The van der Waals surface area contributed by atoms with Gasteiger partial charge in [0.1, 0.15) is 11.4 Å². The number of piperidine rings is 1. The van der Waals surface area contributed by atoms with Crippen molar-refractivity contribution >= 4 is 23.1 Å². The minimum atomic E-state index is -0.265. The molecule has 0 spiro atoms. The number of carbonyl (C=O) groups is 2. The number of hydrogen-bond acceptors (Lipinski definition) is 4. The molecule has 1 atom stereocenters. The summed E-state index contributed by atoms with van der Waals surface area (Å²) in [5.41, 5.74) is 2.36. The molecule has 2 aliphatic heterocycles. The van der Waals surface area contributed by atoms with Crippen LogP contribution in [-0.2, 0) is 9.59 Å². The zero-order valence-electron chi connectivity index (χ0n) is 16.9. The Kier molecular flexibility index (Phi) is 5.38. The molecule has 5 heteroatoms. The van der Waals surface area contributed by atoms with Gasteiger partial charge < -0.3 is 9.64 Å². The molecule has 1 unspecified atom stereocenters. The standard InChI is InChI=1S/C24H26N2O3/c1-3-29-20-13-11-18(12-14-20)21-22(25-15-7-8-17(2)16-25)24(28)26(23(21)27)19-9-5-4-6-10-19/h4-6,9-14,17H,3,7-8,15-16H2,1-2H3. The lowest BCUT2D eigenvalue weighted by Crippen LogP contribution is -2.39. The van der Waals surface area contributed by atoms with Crippen molar-refractivity contribution in [3.63, 3.8) is 0 Å². The van der Waals surface area contributed by atoms with E-state index in [1.165, 1.54) is 4.90 Å². The number of benzene rings is 2. The molecule has 5 nitrogen and oxygen atoms in total. The number of imide groups is 1. The van der Waals surface area contributed by atoms with Gasteiger partial charge in [0.2, 0.25) is 0 Å². The lowest BCUT2D eigenvalue weighted by Gasteiger charge is -2.33. The van der Waals surface area contributed by atoms with E-state index in [0.717, 1.165) is 37.2 Å². The molecule has 4 rings (SSSR count). The molecular weight excluding hydrogens is 364 g/mol.